The molecule has 8 nitrogen and oxygen atoms in total. The molecule has 5 N–H and O–H groups in total. The minimum atomic E-state index is -1.15. The number of aliphatic hydroxyl groups is 1. The molecular formula is C26H32N6O2S. The molecule has 0 radical (unpaired) electrons. The van der Waals surface area contributed by atoms with Crippen LogP contribution in [0.1, 0.15) is 49.6 Å². The molecule has 1 saturated heterocycles. The van der Waals surface area contributed by atoms with Crippen LogP contribution in [0.2, 0.25) is 0 Å². The minimum absolute atomic E-state index is 0.0333. The number of nitrogens with two attached hydrogens (primary N) is 2. The van der Waals surface area contributed by atoms with E-state index < -0.39 is 5.60 Å². The third kappa shape index (κ3) is 4.11. The molecule has 3 heterocycles. The molecule has 1 aliphatic carbocycles. The standard InChI is InChI=1S/C26H32N6O2S/c1-25(2,34)21-18(9-6-12-29-21)35-19-22(28)30-24(31(3)23(19)33)32-13-10-26(11-14-32)15-16-7-4-5-8-17(16)20(26)27/h4-9,12,20,34H,10-11,13-15,27-28H2,1-3H3/t20-/m1/s1. The molecule has 0 amide bonds. The van der Waals surface area contributed by atoms with Crippen molar-refractivity contribution in [2.24, 2.45) is 18.2 Å². The molecule has 0 unspecified atom stereocenters. The zero-order valence-electron chi connectivity index (χ0n) is 20.4. The summed E-state index contributed by atoms with van der Waals surface area (Å²) in [5.74, 6) is 0.758. The monoisotopic (exact) mass is 492 g/mol. The van der Waals surface area contributed by atoms with Crippen molar-refractivity contribution < 1.29 is 5.11 Å². The van der Waals surface area contributed by atoms with E-state index in [2.05, 4.69) is 39.1 Å². The number of fused-ring (bicyclic) bond motifs is 1. The number of piperidine rings is 1. The Kier molecular flexibility index (Phi) is 5.89. The Balaban J connectivity index is 1.39. The molecule has 35 heavy (non-hydrogen) atoms. The summed E-state index contributed by atoms with van der Waals surface area (Å²) in [6.07, 6.45) is 4.48. The Labute approximate surface area is 209 Å². The van der Waals surface area contributed by atoms with Crippen LogP contribution in [0, 0.1) is 5.41 Å². The first kappa shape index (κ1) is 23.8. The van der Waals surface area contributed by atoms with Crippen LogP contribution in [0.5, 0.6) is 0 Å². The van der Waals surface area contributed by atoms with Crippen LogP contribution in [0.15, 0.2) is 57.2 Å². The first-order valence-corrected chi connectivity index (χ1v) is 12.7. The van der Waals surface area contributed by atoms with Gasteiger partial charge in [-0.25, -0.2) is 0 Å². The molecule has 1 atom stereocenters. The lowest BCUT2D eigenvalue weighted by molar-refractivity contribution is 0.0708. The summed E-state index contributed by atoms with van der Waals surface area (Å²) in [6, 6.07) is 12.1. The molecule has 9 heteroatoms. The Bertz CT molecular complexity index is 1320. The number of hydrogen-bond acceptors (Lipinski definition) is 8. The van der Waals surface area contributed by atoms with Crippen molar-refractivity contribution >= 4 is 23.5 Å². The van der Waals surface area contributed by atoms with Gasteiger partial charge in [0.05, 0.1) is 5.69 Å². The summed E-state index contributed by atoms with van der Waals surface area (Å²) in [4.78, 5) is 25.5. The van der Waals surface area contributed by atoms with Crippen molar-refractivity contribution in [2.75, 3.05) is 23.7 Å². The minimum Gasteiger partial charge on any atom is -0.384 e. The van der Waals surface area contributed by atoms with Gasteiger partial charge in [0.1, 0.15) is 16.3 Å². The van der Waals surface area contributed by atoms with Crippen molar-refractivity contribution in [1.82, 2.24) is 14.5 Å². The summed E-state index contributed by atoms with van der Waals surface area (Å²) in [5, 5.41) is 10.5. The lowest BCUT2D eigenvalue weighted by atomic mass is 9.73. The van der Waals surface area contributed by atoms with Gasteiger partial charge >= 0.3 is 0 Å². The van der Waals surface area contributed by atoms with Crippen LogP contribution in [0.3, 0.4) is 0 Å². The Hall–Kier alpha value is -2.88. The van der Waals surface area contributed by atoms with E-state index >= 15 is 0 Å². The van der Waals surface area contributed by atoms with Gasteiger partial charge in [-0.3, -0.25) is 14.3 Å². The number of rotatable bonds is 4. The number of nitrogen functional groups attached to an aromatic ring is 1. The fourth-order valence-electron chi connectivity index (χ4n) is 5.46. The number of anilines is 2. The molecule has 3 aromatic rings. The molecule has 2 aliphatic rings. The van der Waals surface area contributed by atoms with Crippen molar-refractivity contribution in [3.8, 4) is 0 Å². The average molecular weight is 493 g/mol. The Morgan fingerprint density at radius 2 is 1.89 bits per heavy atom. The third-order valence-electron chi connectivity index (χ3n) is 7.45. The van der Waals surface area contributed by atoms with Gasteiger partial charge in [0.25, 0.3) is 5.56 Å². The topological polar surface area (TPSA) is 123 Å². The largest absolute Gasteiger partial charge is 0.384 e. The maximum absolute atomic E-state index is 13.4. The Morgan fingerprint density at radius 3 is 2.57 bits per heavy atom. The van der Waals surface area contributed by atoms with E-state index in [1.54, 1.807) is 37.7 Å². The molecule has 1 aliphatic heterocycles. The number of nitrogens with zero attached hydrogens (tertiary/aromatic N) is 4. The van der Waals surface area contributed by atoms with Gasteiger partial charge in [-0.15, -0.1) is 0 Å². The van der Waals surface area contributed by atoms with Gasteiger partial charge < -0.3 is 21.5 Å². The molecule has 2 aromatic heterocycles. The molecular weight excluding hydrogens is 460 g/mol. The summed E-state index contributed by atoms with van der Waals surface area (Å²) < 4.78 is 1.57. The zero-order chi connectivity index (χ0) is 25.0. The van der Waals surface area contributed by atoms with Crippen LogP contribution in [-0.4, -0.2) is 32.7 Å². The average Bonchev–Trinajstić information content (AvgIpc) is 3.10. The van der Waals surface area contributed by atoms with E-state index in [-0.39, 0.29) is 22.8 Å². The predicted molar refractivity (Wildman–Crippen MR) is 138 cm³/mol. The highest BCUT2D eigenvalue weighted by Gasteiger charge is 2.46. The van der Waals surface area contributed by atoms with Gasteiger partial charge in [0, 0.05) is 37.3 Å². The van der Waals surface area contributed by atoms with Crippen molar-refractivity contribution in [3.63, 3.8) is 0 Å². The normalized spacial score (nSPS) is 19.2. The van der Waals surface area contributed by atoms with Crippen molar-refractivity contribution in [1.29, 1.82) is 0 Å². The van der Waals surface area contributed by atoms with E-state index in [4.69, 9.17) is 11.5 Å². The zero-order valence-corrected chi connectivity index (χ0v) is 21.2. The molecule has 1 aromatic carbocycles. The first-order valence-electron chi connectivity index (χ1n) is 11.9. The number of benzene rings is 1. The van der Waals surface area contributed by atoms with E-state index in [0.29, 0.717) is 21.4 Å². The van der Waals surface area contributed by atoms with Crippen LogP contribution < -0.4 is 21.9 Å². The van der Waals surface area contributed by atoms with E-state index in [1.165, 1.54) is 22.9 Å². The molecule has 1 spiro atoms. The SMILES string of the molecule is Cn1c(N2CCC3(CC2)Cc2ccccc2[C@H]3N)nc(N)c(Sc2cccnc2C(C)(C)O)c1=O. The lowest BCUT2D eigenvalue weighted by Crippen LogP contribution is -2.46. The van der Waals surface area contributed by atoms with E-state index in [1.807, 2.05) is 6.07 Å². The second kappa shape index (κ2) is 8.65. The number of hydrogen-bond donors (Lipinski definition) is 3. The first-order chi connectivity index (χ1) is 16.6. The van der Waals surface area contributed by atoms with Crippen LogP contribution in [-0.2, 0) is 19.1 Å². The summed E-state index contributed by atoms with van der Waals surface area (Å²) in [5.41, 5.74) is 14.8. The molecule has 0 bridgehead atoms. The lowest BCUT2D eigenvalue weighted by Gasteiger charge is -2.42. The summed E-state index contributed by atoms with van der Waals surface area (Å²) in [6.45, 7) is 4.86. The van der Waals surface area contributed by atoms with Gasteiger partial charge in [0.15, 0.2) is 0 Å². The number of aromatic nitrogens is 3. The van der Waals surface area contributed by atoms with Gasteiger partial charge in [-0.2, -0.15) is 4.98 Å². The smallest absolute Gasteiger partial charge is 0.270 e. The quantitative estimate of drug-likeness (QED) is 0.508. The van der Waals surface area contributed by atoms with Gasteiger partial charge in [0.2, 0.25) is 5.95 Å². The molecule has 1 fully saturated rings. The summed E-state index contributed by atoms with van der Waals surface area (Å²) >= 11 is 1.19. The predicted octanol–water partition coefficient (Wildman–Crippen LogP) is 2.98. The maximum Gasteiger partial charge on any atom is 0.270 e. The van der Waals surface area contributed by atoms with E-state index in [9.17, 15) is 9.90 Å². The molecule has 184 valence electrons. The third-order valence-corrected chi connectivity index (χ3v) is 8.59. The van der Waals surface area contributed by atoms with Crippen molar-refractivity contribution in [2.45, 2.75) is 54.5 Å². The molecule has 5 rings (SSSR count). The highest BCUT2D eigenvalue weighted by Crippen LogP contribution is 2.51. The highest BCUT2D eigenvalue weighted by molar-refractivity contribution is 7.99. The maximum atomic E-state index is 13.4. The Morgan fingerprint density at radius 1 is 1.17 bits per heavy atom. The fraction of sp³-hybridized carbons (Fsp3) is 0.423. The van der Waals surface area contributed by atoms with Crippen molar-refractivity contribution in [3.05, 3.63) is 69.8 Å². The van der Waals surface area contributed by atoms with Gasteiger partial charge in [-0.05, 0) is 61.8 Å². The van der Waals surface area contributed by atoms with Crippen LogP contribution in [0.25, 0.3) is 0 Å². The van der Waals surface area contributed by atoms with Crippen LogP contribution in [0.4, 0.5) is 11.8 Å². The van der Waals surface area contributed by atoms with Gasteiger partial charge in [-0.1, -0.05) is 36.0 Å². The van der Waals surface area contributed by atoms with E-state index in [0.717, 1.165) is 32.4 Å². The summed E-state index contributed by atoms with van der Waals surface area (Å²) in [7, 11) is 1.73. The highest BCUT2D eigenvalue weighted by atomic mass is 32.2. The fourth-order valence-corrected chi connectivity index (χ4v) is 6.60. The second-order valence-corrected chi connectivity index (χ2v) is 11.3. The number of pyridine rings is 1. The molecule has 0 saturated carbocycles. The van der Waals surface area contributed by atoms with Crippen LogP contribution >= 0.6 is 11.8 Å². The second-order valence-electron chi connectivity index (χ2n) is 10.2.